The highest BCUT2D eigenvalue weighted by Gasteiger charge is 2.14. The Morgan fingerprint density at radius 2 is 2.00 bits per heavy atom. The molecule has 0 heterocycles. The van der Waals surface area contributed by atoms with Gasteiger partial charge in [-0.15, -0.1) is 0 Å². The first-order chi connectivity index (χ1) is 9.40. The maximum atomic E-state index is 11.9. The van der Waals surface area contributed by atoms with Crippen molar-refractivity contribution in [3.05, 3.63) is 29.8 Å². The fourth-order valence-electron chi connectivity index (χ4n) is 1.34. The molecule has 1 aromatic carbocycles. The van der Waals surface area contributed by atoms with Gasteiger partial charge < -0.3 is 15.7 Å². The molecule has 0 atom stereocenters. The molecule has 0 amide bonds. The fraction of sp³-hybridized carbons (Fsp3) is 0.273. The number of nitrogens with two attached hydrogens (primary N) is 1. The molecule has 8 nitrogen and oxygen atoms in total. The molecule has 0 radical (unpaired) electrons. The van der Waals surface area contributed by atoms with Gasteiger partial charge in [-0.05, 0) is 24.3 Å². The lowest BCUT2D eigenvalue weighted by atomic mass is 10.2. The number of amidine groups is 1. The van der Waals surface area contributed by atoms with Gasteiger partial charge in [0, 0.05) is 12.1 Å². The minimum Gasteiger partial charge on any atom is -0.469 e. The van der Waals surface area contributed by atoms with Crippen molar-refractivity contribution in [2.45, 2.75) is 11.3 Å². The van der Waals surface area contributed by atoms with Gasteiger partial charge in [-0.1, -0.05) is 5.16 Å². The number of hydrogen-bond acceptors (Lipinski definition) is 6. The molecule has 0 spiro atoms. The van der Waals surface area contributed by atoms with E-state index in [1.807, 2.05) is 0 Å². The Morgan fingerprint density at radius 1 is 1.40 bits per heavy atom. The van der Waals surface area contributed by atoms with Crippen LogP contribution >= 0.6 is 0 Å². The summed E-state index contributed by atoms with van der Waals surface area (Å²) in [5.74, 6) is -0.623. The van der Waals surface area contributed by atoms with E-state index in [0.29, 0.717) is 5.56 Å². The maximum absolute atomic E-state index is 11.9. The van der Waals surface area contributed by atoms with Crippen molar-refractivity contribution in [1.82, 2.24) is 4.72 Å². The normalized spacial score (nSPS) is 12.2. The van der Waals surface area contributed by atoms with Crippen molar-refractivity contribution in [3.63, 3.8) is 0 Å². The molecule has 1 aromatic rings. The average molecular weight is 301 g/mol. The minimum atomic E-state index is -3.71. The van der Waals surface area contributed by atoms with E-state index in [1.165, 1.54) is 31.4 Å². The zero-order valence-corrected chi connectivity index (χ0v) is 11.6. The van der Waals surface area contributed by atoms with E-state index in [2.05, 4.69) is 14.6 Å². The number of benzene rings is 1. The molecule has 0 saturated carbocycles. The van der Waals surface area contributed by atoms with Crippen LogP contribution in [0.25, 0.3) is 0 Å². The molecule has 0 aromatic heterocycles. The molecule has 110 valence electrons. The molecule has 0 saturated heterocycles. The molecular weight excluding hydrogens is 286 g/mol. The SMILES string of the molecule is COC(=O)CCNS(=O)(=O)c1ccc(/C(N)=N\O)cc1. The number of rotatable bonds is 6. The minimum absolute atomic E-state index is 0.0110. The first-order valence-corrected chi connectivity index (χ1v) is 7.03. The monoisotopic (exact) mass is 301 g/mol. The van der Waals surface area contributed by atoms with E-state index in [9.17, 15) is 13.2 Å². The van der Waals surface area contributed by atoms with Crippen LogP contribution in [0.5, 0.6) is 0 Å². The predicted octanol–water partition coefficient (Wildman–Crippen LogP) is -0.377. The average Bonchev–Trinajstić information content (AvgIpc) is 2.46. The number of nitrogens with one attached hydrogen (secondary N) is 1. The van der Waals surface area contributed by atoms with E-state index in [-0.39, 0.29) is 23.7 Å². The van der Waals surface area contributed by atoms with Crippen LogP contribution in [0.2, 0.25) is 0 Å². The van der Waals surface area contributed by atoms with Crippen LogP contribution in [0.1, 0.15) is 12.0 Å². The Morgan fingerprint density at radius 3 is 2.50 bits per heavy atom. The number of sulfonamides is 1. The summed E-state index contributed by atoms with van der Waals surface area (Å²) in [6, 6.07) is 5.44. The van der Waals surface area contributed by atoms with Gasteiger partial charge in [0.1, 0.15) is 0 Å². The third kappa shape index (κ3) is 4.21. The Hall–Kier alpha value is -2.13. The summed E-state index contributed by atoms with van der Waals surface area (Å²) in [6.07, 6.45) is -0.0576. The van der Waals surface area contributed by atoms with Crippen LogP contribution in [-0.2, 0) is 19.6 Å². The van der Waals surface area contributed by atoms with E-state index in [1.54, 1.807) is 0 Å². The zero-order valence-electron chi connectivity index (χ0n) is 10.7. The van der Waals surface area contributed by atoms with Crippen LogP contribution < -0.4 is 10.5 Å². The first-order valence-electron chi connectivity index (χ1n) is 5.55. The van der Waals surface area contributed by atoms with E-state index >= 15 is 0 Å². The number of methoxy groups -OCH3 is 1. The van der Waals surface area contributed by atoms with Crippen molar-refractivity contribution in [1.29, 1.82) is 0 Å². The van der Waals surface area contributed by atoms with Crippen molar-refractivity contribution in [3.8, 4) is 0 Å². The second kappa shape index (κ2) is 6.87. The Labute approximate surface area is 116 Å². The van der Waals surface area contributed by atoms with Gasteiger partial charge in [-0.25, -0.2) is 13.1 Å². The molecule has 20 heavy (non-hydrogen) atoms. The maximum Gasteiger partial charge on any atom is 0.306 e. The summed E-state index contributed by atoms with van der Waals surface area (Å²) >= 11 is 0. The lowest BCUT2D eigenvalue weighted by Gasteiger charge is -2.07. The van der Waals surface area contributed by atoms with Crippen molar-refractivity contribution >= 4 is 21.8 Å². The zero-order chi connectivity index (χ0) is 15.2. The van der Waals surface area contributed by atoms with Crippen LogP contribution in [0.3, 0.4) is 0 Å². The largest absolute Gasteiger partial charge is 0.469 e. The third-order valence-electron chi connectivity index (χ3n) is 2.42. The van der Waals surface area contributed by atoms with E-state index in [0.717, 1.165) is 0 Å². The van der Waals surface area contributed by atoms with Crippen molar-refractivity contribution in [2.75, 3.05) is 13.7 Å². The van der Waals surface area contributed by atoms with E-state index < -0.39 is 16.0 Å². The fourth-order valence-corrected chi connectivity index (χ4v) is 2.37. The molecule has 9 heteroatoms. The first kappa shape index (κ1) is 15.9. The summed E-state index contributed by atoms with van der Waals surface area (Å²) in [4.78, 5) is 10.9. The van der Waals surface area contributed by atoms with Gasteiger partial charge in [0.15, 0.2) is 5.84 Å². The lowest BCUT2D eigenvalue weighted by Crippen LogP contribution is -2.26. The van der Waals surface area contributed by atoms with Gasteiger partial charge >= 0.3 is 5.97 Å². The highest BCUT2D eigenvalue weighted by molar-refractivity contribution is 7.89. The Bertz CT molecular complexity index is 595. The number of hydrogen-bond donors (Lipinski definition) is 3. The van der Waals surface area contributed by atoms with Crippen LogP contribution in [0, 0.1) is 0 Å². The molecule has 0 aliphatic carbocycles. The molecule has 1 rings (SSSR count). The van der Waals surface area contributed by atoms with E-state index in [4.69, 9.17) is 10.9 Å². The number of oxime groups is 1. The van der Waals surface area contributed by atoms with Gasteiger partial charge in [0.2, 0.25) is 10.0 Å². The topological polar surface area (TPSA) is 131 Å². The molecule has 0 aliphatic rings. The number of nitrogens with zero attached hydrogens (tertiary/aromatic N) is 1. The van der Waals surface area contributed by atoms with Crippen LogP contribution in [-0.4, -0.2) is 39.1 Å². The summed E-state index contributed by atoms with van der Waals surface area (Å²) < 4.78 is 30.4. The Kier molecular flexibility index (Phi) is 5.47. The Balaban J connectivity index is 2.75. The second-order valence-corrected chi connectivity index (χ2v) is 5.50. The number of ether oxygens (including phenoxy) is 1. The summed E-state index contributed by atoms with van der Waals surface area (Å²) in [7, 11) is -2.49. The molecule has 0 bridgehead atoms. The third-order valence-corrected chi connectivity index (χ3v) is 3.89. The lowest BCUT2D eigenvalue weighted by molar-refractivity contribution is -0.140. The summed E-state index contributed by atoms with van der Waals surface area (Å²) in [6.45, 7) is -0.0585. The highest BCUT2D eigenvalue weighted by atomic mass is 32.2. The molecule has 0 fully saturated rings. The molecular formula is C11H15N3O5S. The van der Waals surface area contributed by atoms with Gasteiger partial charge in [-0.2, -0.15) is 0 Å². The smallest absolute Gasteiger partial charge is 0.306 e. The number of carbonyl (C=O) groups is 1. The number of carbonyl (C=O) groups excluding carboxylic acids is 1. The standard InChI is InChI=1S/C11H15N3O5S/c1-19-10(15)6-7-13-20(17,18)9-4-2-8(3-5-9)11(12)14-16/h2-5,13,16H,6-7H2,1H3,(H2,12,14). The van der Waals surface area contributed by atoms with Crippen molar-refractivity contribution in [2.24, 2.45) is 10.9 Å². The number of esters is 1. The van der Waals surface area contributed by atoms with Gasteiger partial charge in [0.25, 0.3) is 0 Å². The molecule has 4 N–H and O–H groups in total. The van der Waals surface area contributed by atoms with Crippen molar-refractivity contribution < 1.29 is 23.2 Å². The van der Waals surface area contributed by atoms with Crippen LogP contribution in [0.4, 0.5) is 0 Å². The van der Waals surface area contributed by atoms with Gasteiger partial charge in [-0.3, -0.25) is 4.79 Å². The summed E-state index contributed by atoms with van der Waals surface area (Å²) in [5.41, 5.74) is 5.76. The predicted molar refractivity (Wildman–Crippen MR) is 70.8 cm³/mol. The molecule has 0 aliphatic heterocycles. The van der Waals surface area contributed by atoms with Gasteiger partial charge in [0.05, 0.1) is 18.4 Å². The summed E-state index contributed by atoms with van der Waals surface area (Å²) in [5, 5.41) is 11.3. The highest BCUT2D eigenvalue weighted by Crippen LogP contribution is 2.10. The second-order valence-electron chi connectivity index (χ2n) is 3.73. The van der Waals surface area contributed by atoms with Crippen LogP contribution in [0.15, 0.2) is 34.3 Å². The molecule has 0 unspecified atom stereocenters. The quantitative estimate of drug-likeness (QED) is 0.216.